The largest absolute Gasteiger partial charge is 0.497 e. The second kappa shape index (κ2) is 9.71. The Morgan fingerprint density at radius 1 is 1.13 bits per heavy atom. The Bertz CT molecular complexity index is 913. The monoisotopic (exact) mass is 433 g/mol. The fraction of sp³-hybridized carbons (Fsp3) is 0.364. The van der Waals surface area contributed by atoms with Crippen molar-refractivity contribution in [1.29, 1.82) is 0 Å². The highest BCUT2D eigenvalue weighted by atomic mass is 35.5. The molecule has 160 valence electrons. The van der Waals surface area contributed by atoms with Gasteiger partial charge in [-0.2, -0.15) is 0 Å². The Labute approximate surface area is 180 Å². The van der Waals surface area contributed by atoms with Crippen molar-refractivity contribution in [2.45, 2.75) is 32.4 Å². The third kappa shape index (κ3) is 5.36. The molecule has 0 spiro atoms. The molecule has 1 amide bonds. The predicted molar refractivity (Wildman–Crippen MR) is 111 cm³/mol. The summed E-state index contributed by atoms with van der Waals surface area (Å²) in [6, 6.07) is 9.62. The SMILES string of the molecule is COc1ccc([C@@H](CC(=O)OC(C)C)NC(=O)c2cc(Cl)c3c(c2)OCCO3)cc1. The molecule has 0 unspecified atom stereocenters. The van der Waals surface area contributed by atoms with Gasteiger partial charge in [0.2, 0.25) is 0 Å². The summed E-state index contributed by atoms with van der Waals surface area (Å²) in [4.78, 5) is 25.2. The zero-order chi connectivity index (χ0) is 21.7. The smallest absolute Gasteiger partial charge is 0.308 e. The number of hydrogen-bond donors (Lipinski definition) is 1. The first-order valence-electron chi connectivity index (χ1n) is 9.60. The number of benzene rings is 2. The third-order valence-corrected chi connectivity index (χ3v) is 4.70. The van der Waals surface area contributed by atoms with Gasteiger partial charge in [-0.25, -0.2) is 0 Å². The molecule has 0 fully saturated rings. The van der Waals surface area contributed by atoms with Crippen LogP contribution in [0.2, 0.25) is 5.02 Å². The fourth-order valence-electron chi connectivity index (χ4n) is 3.05. The van der Waals surface area contributed by atoms with Crippen molar-refractivity contribution in [3.05, 3.63) is 52.5 Å². The molecule has 1 atom stereocenters. The second-order valence-corrected chi connectivity index (χ2v) is 7.43. The Morgan fingerprint density at radius 3 is 2.50 bits per heavy atom. The van der Waals surface area contributed by atoms with E-state index >= 15 is 0 Å². The average Bonchev–Trinajstić information content (AvgIpc) is 2.72. The molecule has 0 aliphatic carbocycles. The van der Waals surface area contributed by atoms with Crippen LogP contribution >= 0.6 is 11.6 Å². The summed E-state index contributed by atoms with van der Waals surface area (Å²) in [5.74, 6) is 0.705. The molecule has 2 aromatic carbocycles. The molecule has 1 aliphatic rings. The average molecular weight is 434 g/mol. The van der Waals surface area contributed by atoms with Crippen molar-refractivity contribution in [3.8, 4) is 17.2 Å². The molecule has 0 saturated carbocycles. The van der Waals surface area contributed by atoms with Gasteiger partial charge in [0.25, 0.3) is 5.91 Å². The summed E-state index contributed by atoms with van der Waals surface area (Å²) in [7, 11) is 1.57. The number of halogens is 1. The van der Waals surface area contributed by atoms with E-state index in [9.17, 15) is 9.59 Å². The minimum atomic E-state index is -0.596. The molecule has 1 N–H and O–H groups in total. The van der Waals surface area contributed by atoms with Crippen molar-refractivity contribution in [1.82, 2.24) is 5.32 Å². The van der Waals surface area contributed by atoms with Gasteiger partial charge in [0, 0.05) is 5.56 Å². The molecule has 0 aromatic heterocycles. The van der Waals surface area contributed by atoms with Crippen LogP contribution in [0.3, 0.4) is 0 Å². The van der Waals surface area contributed by atoms with Gasteiger partial charge in [-0.05, 0) is 43.7 Å². The number of carbonyl (C=O) groups excluding carboxylic acids is 2. The van der Waals surface area contributed by atoms with Crippen molar-refractivity contribution >= 4 is 23.5 Å². The van der Waals surface area contributed by atoms with Crippen LogP contribution in [0.1, 0.15) is 42.2 Å². The summed E-state index contributed by atoms with van der Waals surface area (Å²) in [5.41, 5.74) is 1.05. The number of rotatable bonds is 7. The van der Waals surface area contributed by atoms with E-state index in [1.807, 2.05) is 0 Å². The highest BCUT2D eigenvalue weighted by molar-refractivity contribution is 6.32. The van der Waals surface area contributed by atoms with Gasteiger partial charge in [0.05, 0.1) is 30.7 Å². The number of methoxy groups -OCH3 is 1. The molecule has 8 heteroatoms. The van der Waals surface area contributed by atoms with Crippen molar-refractivity contribution < 1.29 is 28.5 Å². The van der Waals surface area contributed by atoms with Crippen LogP contribution in [0, 0.1) is 0 Å². The summed E-state index contributed by atoms with van der Waals surface area (Å²) >= 11 is 6.25. The van der Waals surface area contributed by atoms with E-state index in [0.29, 0.717) is 36.0 Å². The van der Waals surface area contributed by atoms with Gasteiger partial charge in [0.1, 0.15) is 19.0 Å². The first-order valence-corrected chi connectivity index (χ1v) is 9.98. The standard InChI is InChI=1S/C22H24ClNO6/c1-13(2)30-20(25)12-18(14-4-6-16(27-3)7-5-14)24-22(26)15-10-17(23)21-19(11-15)28-8-9-29-21/h4-7,10-11,13,18H,8-9,12H2,1-3H3,(H,24,26)/t18-/m1/s1. The first kappa shape index (κ1) is 21.8. The van der Waals surface area contributed by atoms with Gasteiger partial charge in [-0.3, -0.25) is 9.59 Å². The minimum Gasteiger partial charge on any atom is -0.497 e. The molecular formula is C22H24ClNO6. The molecule has 2 aromatic rings. The Morgan fingerprint density at radius 2 is 1.83 bits per heavy atom. The molecule has 0 saturated heterocycles. The lowest BCUT2D eigenvalue weighted by molar-refractivity contribution is -0.147. The third-order valence-electron chi connectivity index (χ3n) is 4.42. The van der Waals surface area contributed by atoms with Crippen molar-refractivity contribution in [3.63, 3.8) is 0 Å². The van der Waals surface area contributed by atoms with E-state index in [0.717, 1.165) is 5.56 Å². The number of carbonyl (C=O) groups is 2. The molecule has 30 heavy (non-hydrogen) atoms. The number of amides is 1. The molecular weight excluding hydrogens is 410 g/mol. The minimum absolute atomic E-state index is 0.0193. The second-order valence-electron chi connectivity index (χ2n) is 7.02. The van der Waals surface area contributed by atoms with Crippen LogP contribution in [0.15, 0.2) is 36.4 Å². The van der Waals surface area contributed by atoms with Crippen LogP contribution < -0.4 is 19.5 Å². The van der Waals surface area contributed by atoms with E-state index in [2.05, 4.69) is 5.32 Å². The summed E-state index contributed by atoms with van der Waals surface area (Å²) in [6.45, 7) is 4.33. The highest BCUT2D eigenvalue weighted by Gasteiger charge is 2.24. The quantitative estimate of drug-likeness (QED) is 0.666. The van der Waals surface area contributed by atoms with Crippen LogP contribution in [-0.2, 0) is 9.53 Å². The first-order chi connectivity index (χ1) is 14.4. The van der Waals surface area contributed by atoms with Crippen LogP contribution in [0.25, 0.3) is 0 Å². The molecule has 0 radical (unpaired) electrons. The molecule has 7 nitrogen and oxygen atoms in total. The highest BCUT2D eigenvalue weighted by Crippen LogP contribution is 2.38. The number of nitrogens with one attached hydrogen (secondary N) is 1. The predicted octanol–water partition coefficient (Wildman–Crippen LogP) is 3.93. The van der Waals surface area contributed by atoms with E-state index in [1.54, 1.807) is 51.3 Å². The van der Waals surface area contributed by atoms with Crippen molar-refractivity contribution in [2.24, 2.45) is 0 Å². The molecule has 3 rings (SSSR count). The zero-order valence-electron chi connectivity index (χ0n) is 17.1. The van der Waals surface area contributed by atoms with E-state index in [-0.39, 0.29) is 17.5 Å². The Kier molecular flexibility index (Phi) is 7.05. The van der Waals surface area contributed by atoms with E-state index in [4.69, 9.17) is 30.5 Å². The van der Waals surface area contributed by atoms with Gasteiger partial charge in [0.15, 0.2) is 11.5 Å². The van der Waals surface area contributed by atoms with E-state index < -0.39 is 17.9 Å². The number of ether oxygens (including phenoxy) is 4. The van der Waals surface area contributed by atoms with Gasteiger partial charge in [-0.1, -0.05) is 23.7 Å². The molecule has 1 aliphatic heterocycles. The lowest BCUT2D eigenvalue weighted by atomic mass is 10.0. The Balaban J connectivity index is 1.83. The van der Waals surface area contributed by atoms with Crippen molar-refractivity contribution in [2.75, 3.05) is 20.3 Å². The van der Waals surface area contributed by atoms with E-state index in [1.165, 1.54) is 6.07 Å². The topological polar surface area (TPSA) is 83.1 Å². The lowest BCUT2D eigenvalue weighted by Crippen LogP contribution is -2.31. The lowest BCUT2D eigenvalue weighted by Gasteiger charge is -2.22. The van der Waals surface area contributed by atoms with Gasteiger partial charge >= 0.3 is 5.97 Å². The summed E-state index contributed by atoms with van der Waals surface area (Å²) in [6.07, 6.45) is -0.268. The fourth-order valence-corrected chi connectivity index (χ4v) is 3.31. The normalized spacial score (nSPS) is 13.5. The van der Waals surface area contributed by atoms with Crippen LogP contribution in [-0.4, -0.2) is 38.3 Å². The maximum absolute atomic E-state index is 13.0. The van der Waals surface area contributed by atoms with Crippen LogP contribution in [0.4, 0.5) is 0 Å². The summed E-state index contributed by atoms with van der Waals surface area (Å²) < 4.78 is 21.5. The maximum atomic E-state index is 13.0. The molecule has 1 heterocycles. The molecule has 0 bridgehead atoms. The number of hydrogen-bond acceptors (Lipinski definition) is 6. The van der Waals surface area contributed by atoms with Gasteiger partial charge in [-0.15, -0.1) is 0 Å². The maximum Gasteiger partial charge on any atom is 0.308 e. The van der Waals surface area contributed by atoms with Gasteiger partial charge < -0.3 is 24.3 Å². The van der Waals surface area contributed by atoms with Crippen LogP contribution in [0.5, 0.6) is 17.2 Å². The number of esters is 1. The Hall–Kier alpha value is -2.93. The summed E-state index contributed by atoms with van der Waals surface area (Å²) in [5, 5.41) is 3.18. The number of fused-ring (bicyclic) bond motifs is 1. The zero-order valence-corrected chi connectivity index (χ0v) is 17.8.